The van der Waals surface area contributed by atoms with Crippen LogP contribution in [0, 0.1) is 13.8 Å². The van der Waals surface area contributed by atoms with Crippen molar-refractivity contribution in [1.82, 2.24) is 9.78 Å². The summed E-state index contributed by atoms with van der Waals surface area (Å²) in [5.41, 5.74) is 3.72. The predicted octanol–water partition coefficient (Wildman–Crippen LogP) is 2.28. The average Bonchev–Trinajstić information content (AvgIpc) is 2.76. The van der Waals surface area contributed by atoms with Crippen molar-refractivity contribution in [2.45, 2.75) is 13.8 Å². The van der Waals surface area contributed by atoms with Crippen LogP contribution in [-0.2, 0) is 4.74 Å². The Bertz CT molecular complexity index is 538. The molecule has 4 heteroatoms. The summed E-state index contributed by atoms with van der Waals surface area (Å²) in [4.78, 5) is 11.3. The van der Waals surface area contributed by atoms with E-state index in [0.717, 1.165) is 16.8 Å². The first kappa shape index (κ1) is 11.4. The molecule has 1 heterocycles. The summed E-state index contributed by atoms with van der Waals surface area (Å²) in [5, 5.41) is 4.15. The number of carbonyl (C=O) groups is 1. The van der Waals surface area contributed by atoms with Crippen LogP contribution in [0.3, 0.4) is 0 Å². The van der Waals surface area contributed by atoms with E-state index in [2.05, 4.69) is 15.9 Å². The van der Waals surface area contributed by atoms with Gasteiger partial charge in [0.1, 0.15) is 0 Å². The second-order valence-electron chi connectivity index (χ2n) is 4.01. The van der Waals surface area contributed by atoms with E-state index in [1.165, 1.54) is 13.3 Å². The molecule has 0 N–H and O–H groups in total. The molecule has 1 aromatic heterocycles. The summed E-state index contributed by atoms with van der Waals surface area (Å²) in [7, 11) is 1.36. The van der Waals surface area contributed by atoms with Crippen LogP contribution in [-0.4, -0.2) is 22.9 Å². The van der Waals surface area contributed by atoms with E-state index < -0.39 is 0 Å². The van der Waals surface area contributed by atoms with E-state index in [-0.39, 0.29) is 5.97 Å². The van der Waals surface area contributed by atoms with Crippen LogP contribution in [0.25, 0.3) is 5.69 Å². The molecular weight excluding hydrogens is 216 g/mol. The van der Waals surface area contributed by atoms with Crippen LogP contribution in [0.4, 0.5) is 0 Å². The number of aryl methyl sites for hydroxylation is 2. The molecule has 0 saturated carbocycles. The Hall–Kier alpha value is -2.10. The third kappa shape index (κ3) is 2.36. The van der Waals surface area contributed by atoms with Gasteiger partial charge in [0.05, 0.1) is 24.6 Å². The van der Waals surface area contributed by atoms with Gasteiger partial charge in [0.15, 0.2) is 0 Å². The summed E-state index contributed by atoms with van der Waals surface area (Å²) in [6.07, 6.45) is 3.17. The van der Waals surface area contributed by atoms with Crippen LogP contribution in [0.5, 0.6) is 0 Å². The number of esters is 1. The zero-order chi connectivity index (χ0) is 12.4. The Kier molecular flexibility index (Phi) is 2.95. The molecule has 1 aromatic carbocycles. The zero-order valence-electron chi connectivity index (χ0n) is 10.1. The fraction of sp³-hybridized carbons (Fsp3) is 0.231. The lowest BCUT2D eigenvalue weighted by Gasteiger charge is -2.04. The van der Waals surface area contributed by atoms with E-state index in [4.69, 9.17) is 0 Å². The van der Waals surface area contributed by atoms with E-state index in [1.54, 1.807) is 10.9 Å². The first-order valence-electron chi connectivity index (χ1n) is 5.32. The number of nitrogens with zero attached hydrogens (tertiary/aromatic N) is 2. The van der Waals surface area contributed by atoms with Gasteiger partial charge in [-0.15, -0.1) is 0 Å². The van der Waals surface area contributed by atoms with E-state index in [0.29, 0.717) is 5.56 Å². The molecule has 0 spiro atoms. The number of ether oxygens (including phenoxy) is 1. The maximum absolute atomic E-state index is 11.3. The van der Waals surface area contributed by atoms with Crippen molar-refractivity contribution in [2.24, 2.45) is 0 Å². The second-order valence-corrected chi connectivity index (χ2v) is 4.01. The third-order valence-electron chi connectivity index (χ3n) is 2.47. The van der Waals surface area contributed by atoms with Crippen molar-refractivity contribution in [1.29, 1.82) is 0 Å². The standard InChI is InChI=1S/C13H14N2O2/c1-9-4-10(2)6-12(5-9)15-8-11(7-14-15)13(16)17-3/h4-8H,1-3H3. The van der Waals surface area contributed by atoms with E-state index >= 15 is 0 Å². The number of carbonyl (C=O) groups excluding carboxylic acids is 1. The minimum Gasteiger partial charge on any atom is -0.465 e. The van der Waals surface area contributed by atoms with Gasteiger partial charge in [-0.1, -0.05) is 6.07 Å². The lowest BCUT2D eigenvalue weighted by Crippen LogP contribution is -1.99. The first-order valence-corrected chi connectivity index (χ1v) is 5.32. The van der Waals surface area contributed by atoms with Crippen LogP contribution >= 0.6 is 0 Å². The molecule has 0 aliphatic rings. The Morgan fingerprint density at radius 1 is 1.24 bits per heavy atom. The van der Waals surface area contributed by atoms with Gasteiger partial charge in [0.2, 0.25) is 0 Å². The maximum atomic E-state index is 11.3. The smallest absolute Gasteiger partial charge is 0.341 e. The molecule has 0 aliphatic heterocycles. The molecule has 0 radical (unpaired) electrons. The highest BCUT2D eigenvalue weighted by molar-refractivity contribution is 5.88. The van der Waals surface area contributed by atoms with Crippen LogP contribution < -0.4 is 0 Å². The van der Waals surface area contributed by atoms with Crippen molar-refractivity contribution >= 4 is 5.97 Å². The highest BCUT2D eigenvalue weighted by Gasteiger charge is 2.09. The molecule has 0 amide bonds. The summed E-state index contributed by atoms with van der Waals surface area (Å²) in [6, 6.07) is 6.12. The second kappa shape index (κ2) is 4.41. The lowest BCUT2D eigenvalue weighted by atomic mass is 10.1. The van der Waals surface area contributed by atoms with Gasteiger partial charge < -0.3 is 4.74 Å². The fourth-order valence-electron chi connectivity index (χ4n) is 1.77. The first-order chi connectivity index (χ1) is 8.10. The van der Waals surface area contributed by atoms with Gasteiger partial charge in [0, 0.05) is 6.20 Å². The zero-order valence-corrected chi connectivity index (χ0v) is 10.1. The van der Waals surface area contributed by atoms with Crippen LogP contribution in [0.1, 0.15) is 21.5 Å². The minimum absolute atomic E-state index is 0.374. The molecular formula is C13H14N2O2. The Morgan fingerprint density at radius 3 is 2.47 bits per heavy atom. The topological polar surface area (TPSA) is 44.1 Å². The third-order valence-corrected chi connectivity index (χ3v) is 2.47. The van der Waals surface area contributed by atoms with E-state index in [1.807, 2.05) is 26.0 Å². The Balaban J connectivity index is 2.40. The van der Waals surface area contributed by atoms with Crippen molar-refractivity contribution < 1.29 is 9.53 Å². The largest absolute Gasteiger partial charge is 0.465 e. The molecule has 17 heavy (non-hydrogen) atoms. The number of aromatic nitrogens is 2. The van der Waals surface area contributed by atoms with Gasteiger partial charge >= 0.3 is 5.97 Å². The predicted molar refractivity (Wildman–Crippen MR) is 64.4 cm³/mol. The van der Waals surface area contributed by atoms with Crippen LogP contribution in [0.15, 0.2) is 30.6 Å². The van der Waals surface area contributed by atoms with Gasteiger partial charge in [-0.25, -0.2) is 9.48 Å². The van der Waals surface area contributed by atoms with Gasteiger partial charge in [-0.3, -0.25) is 0 Å². The van der Waals surface area contributed by atoms with Crippen molar-refractivity contribution in [3.63, 3.8) is 0 Å². The number of methoxy groups -OCH3 is 1. The highest BCUT2D eigenvalue weighted by atomic mass is 16.5. The molecule has 0 atom stereocenters. The highest BCUT2D eigenvalue weighted by Crippen LogP contribution is 2.13. The summed E-state index contributed by atoms with van der Waals surface area (Å²) >= 11 is 0. The SMILES string of the molecule is COC(=O)c1cnn(-c2cc(C)cc(C)c2)c1. The van der Waals surface area contributed by atoms with Crippen LogP contribution in [0.2, 0.25) is 0 Å². The van der Waals surface area contributed by atoms with Crippen molar-refractivity contribution in [3.8, 4) is 5.69 Å². The van der Waals surface area contributed by atoms with Crippen molar-refractivity contribution in [2.75, 3.05) is 7.11 Å². The van der Waals surface area contributed by atoms with Gasteiger partial charge in [0.25, 0.3) is 0 Å². The number of hydrogen-bond donors (Lipinski definition) is 0. The molecule has 4 nitrogen and oxygen atoms in total. The molecule has 0 fully saturated rings. The summed E-state index contributed by atoms with van der Waals surface area (Å²) in [5.74, 6) is -0.374. The van der Waals surface area contributed by atoms with E-state index in [9.17, 15) is 4.79 Å². The molecule has 2 aromatic rings. The molecule has 0 bridgehead atoms. The molecule has 88 valence electrons. The Labute approximate surface area is 99.8 Å². The lowest BCUT2D eigenvalue weighted by molar-refractivity contribution is 0.0600. The quantitative estimate of drug-likeness (QED) is 0.743. The number of hydrogen-bond acceptors (Lipinski definition) is 3. The fourth-order valence-corrected chi connectivity index (χ4v) is 1.77. The van der Waals surface area contributed by atoms with Gasteiger partial charge in [-0.2, -0.15) is 5.10 Å². The van der Waals surface area contributed by atoms with Gasteiger partial charge in [-0.05, 0) is 37.1 Å². The molecule has 2 rings (SSSR count). The number of rotatable bonds is 2. The molecule has 0 unspecified atom stereocenters. The van der Waals surface area contributed by atoms with Crippen molar-refractivity contribution in [3.05, 3.63) is 47.3 Å². The monoisotopic (exact) mass is 230 g/mol. The normalized spacial score (nSPS) is 10.3. The Morgan fingerprint density at radius 2 is 1.88 bits per heavy atom. The maximum Gasteiger partial charge on any atom is 0.341 e. The average molecular weight is 230 g/mol. The summed E-state index contributed by atoms with van der Waals surface area (Å²) in [6.45, 7) is 4.06. The molecule has 0 saturated heterocycles. The summed E-state index contributed by atoms with van der Waals surface area (Å²) < 4.78 is 6.31. The molecule has 0 aliphatic carbocycles. The minimum atomic E-state index is -0.374. The number of benzene rings is 1.